The Hall–Kier alpha value is -4.00. The van der Waals surface area contributed by atoms with Gasteiger partial charge in [0.25, 0.3) is 0 Å². The zero-order valence-electron chi connectivity index (χ0n) is 33.1. The summed E-state index contributed by atoms with van der Waals surface area (Å²) < 4.78 is 32.0. The average molecular weight is 757 g/mol. The van der Waals surface area contributed by atoms with Crippen molar-refractivity contribution >= 4 is 65.2 Å². The number of hydrogen-bond donors (Lipinski definition) is 0. The maximum absolute atomic E-state index is 13.6. The van der Waals surface area contributed by atoms with E-state index in [0.29, 0.717) is 0 Å². The summed E-state index contributed by atoms with van der Waals surface area (Å²) >= 11 is 0. The van der Waals surface area contributed by atoms with Crippen LogP contribution in [0.3, 0.4) is 0 Å². The summed E-state index contributed by atoms with van der Waals surface area (Å²) in [6.45, 7) is 10.7. The minimum atomic E-state index is -1.27. The van der Waals surface area contributed by atoms with Crippen molar-refractivity contribution in [2.75, 3.05) is 12.5 Å². The summed E-state index contributed by atoms with van der Waals surface area (Å²) in [4.78, 5) is 1.52. The molecule has 2 atom stereocenters. The Morgan fingerprint density at radius 3 is 1.17 bits per heavy atom. The summed E-state index contributed by atoms with van der Waals surface area (Å²) in [6, 6.07) is 31.3. The van der Waals surface area contributed by atoms with Gasteiger partial charge in [0.1, 0.15) is 0 Å². The first kappa shape index (κ1) is 38.3. The topological polar surface area (TPSA) is 44.0 Å². The molecule has 282 valence electrons. The molecule has 0 spiro atoms. The molecule has 0 fully saturated rings. The van der Waals surface area contributed by atoms with Gasteiger partial charge in [0.2, 0.25) is 0 Å². The summed E-state index contributed by atoms with van der Waals surface area (Å²) in [7, 11) is -2.55. The lowest BCUT2D eigenvalue weighted by Gasteiger charge is -2.16. The van der Waals surface area contributed by atoms with Crippen LogP contribution in [-0.4, -0.2) is 30.1 Å². The number of aromatic nitrogens is 2. The van der Waals surface area contributed by atoms with Crippen molar-refractivity contribution in [1.82, 2.24) is 9.13 Å². The third-order valence-electron chi connectivity index (χ3n) is 11.5. The number of nitrogens with zero attached hydrogens (tertiary/aromatic N) is 2. The average Bonchev–Trinajstić information content (AvgIpc) is 3.67. The van der Waals surface area contributed by atoms with E-state index in [-0.39, 0.29) is 0 Å². The molecule has 0 N–H and O–H groups in total. The maximum Gasteiger partial charge on any atom is 0.0504 e. The number of benzene rings is 5. The standard InChI is InChI=1S/C48H56N2O2S2/c1-7-11-13-15-17-33-19-23-37-39-25-21-35(29-45(39)49(9-3)43(37)27-33)41-31-48(54(6)52)42(32-47(41)53(5)51)36-22-26-40-38-24-20-34(18-16-14-12-8-2)28-44(38)50(10-4)46(40)30-36/h19-32H,7-18H2,1-6H3. The number of rotatable bonds is 16. The van der Waals surface area contributed by atoms with Crippen molar-refractivity contribution in [3.63, 3.8) is 0 Å². The molecule has 0 radical (unpaired) electrons. The van der Waals surface area contributed by atoms with Crippen LogP contribution in [0.2, 0.25) is 0 Å². The second-order valence-electron chi connectivity index (χ2n) is 15.0. The van der Waals surface area contributed by atoms with E-state index in [2.05, 4.69) is 110 Å². The highest BCUT2D eigenvalue weighted by atomic mass is 32.2. The van der Waals surface area contributed by atoms with Crippen molar-refractivity contribution in [2.24, 2.45) is 0 Å². The normalized spacial score (nSPS) is 13.1. The number of fused-ring (bicyclic) bond motifs is 6. The summed E-state index contributed by atoms with van der Waals surface area (Å²) in [5, 5.41) is 4.99. The number of aryl methyl sites for hydroxylation is 4. The van der Waals surface area contributed by atoms with Crippen LogP contribution in [0.1, 0.15) is 90.2 Å². The summed E-state index contributed by atoms with van der Waals surface area (Å²) in [5.41, 5.74) is 11.4. The lowest BCUT2D eigenvalue weighted by atomic mass is 9.98. The third-order valence-corrected chi connectivity index (χ3v) is 13.4. The smallest absolute Gasteiger partial charge is 0.0504 e. The van der Waals surface area contributed by atoms with Crippen molar-refractivity contribution in [3.05, 3.63) is 96.1 Å². The second-order valence-corrected chi connectivity index (χ2v) is 17.7. The predicted molar refractivity (Wildman–Crippen MR) is 235 cm³/mol. The Morgan fingerprint density at radius 2 is 0.815 bits per heavy atom. The molecule has 0 saturated carbocycles. The first-order valence-electron chi connectivity index (χ1n) is 20.2. The van der Waals surface area contributed by atoms with Gasteiger partial charge in [-0.05, 0) is 109 Å². The molecule has 2 aromatic heterocycles. The van der Waals surface area contributed by atoms with E-state index in [1.807, 2.05) is 12.1 Å². The van der Waals surface area contributed by atoms with E-state index in [0.717, 1.165) is 58.0 Å². The molecule has 2 unspecified atom stereocenters. The Morgan fingerprint density at radius 1 is 0.444 bits per heavy atom. The SMILES string of the molecule is CCCCCCc1ccc2c3ccc(-c4cc(S(C)=O)c(-c5ccc6c7ccc(CCCCCC)cc7n(CC)c6c5)cc4S(C)=O)cc3n(CC)c2c1. The molecule has 0 aliphatic heterocycles. The van der Waals surface area contributed by atoms with Crippen LogP contribution in [0.4, 0.5) is 0 Å². The van der Waals surface area contributed by atoms with E-state index in [9.17, 15) is 8.42 Å². The fraction of sp³-hybridized carbons (Fsp3) is 0.375. The van der Waals surface area contributed by atoms with Crippen LogP contribution in [0.5, 0.6) is 0 Å². The lowest BCUT2D eigenvalue weighted by Crippen LogP contribution is -2.00. The van der Waals surface area contributed by atoms with E-state index < -0.39 is 21.6 Å². The molecule has 0 bridgehead atoms. The largest absolute Gasteiger partial charge is 0.341 e. The van der Waals surface area contributed by atoms with Crippen LogP contribution in [0.25, 0.3) is 65.9 Å². The number of hydrogen-bond acceptors (Lipinski definition) is 2. The van der Waals surface area contributed by atoms with Crippen LogP contribution in [-0.2, 0) is 47.5 Å². The minimum absolute atomic E-state index is 0.760. The van der Waals surface area contributed by atoms with Crippen LogP contribution in [0, 0.1) is 0 Å². The second kappa shape index (κ2) is 16.8. The van der Waals surface area contributed by atoms with E-state index in [1.165, 1.54) is 106 Å². The predicted octanol–water partition coefficient (Wildman–Crippen LogP) is 13.0. The van der Waals surface area contributed by atoms with Gasteiger partial charge in [-0.15, -0.1) is 0 Å². The molecule has 7 aromatic rings. The Labute approximate surface area is 326 Å². The molecular formula is C48H56N2O2S2. The van der Waals surface area contributed by atoms with Crippen LogP contribution < -0.4 is 0 Å². The minimum Gasteiger partial charge on any atom is -0.341 e. The van der Waals surface area contributed by atoms with Crippen molar-refractivity contribution < 1.29 is 8.42 Å². The van der Waals surface area contributed by atoms with Crippen molar-refractivity contribution in [1.29, 1.82) is 0 Å². The fourth-order valence-corrected chi connectivity index (χ4v) is 10.1. The first-order valence-corrected chi connectivity index (χ1v) is 23.3. The van der Waals surface area contributed by atoms with Crippen molar-refractivity contribution in [2.45, 2.75) is 115 Å². The van der Waals surface area contributed by atoms with Crippen LogP contribution >= 0.6 is 0 Å². The maximum atomic E-state index is 13.6. The summed E-state index contributed by atoms with van der Waals surface area (Å²) in [5.74, 6) is 0. The third kappa shape index (κ3) is 7.36. The first-order chi connectivity index (χ1) is 26.3. The Bertz CT molecular complexity index is 2350. The highest BCUT2D eigenvalue weighted by molar-refractivity contribution is 7.85. The van der Waals surface area contributed by atoms with Gasteiger partial charge in [0.05, 0.1) is 21.6 Å². The van der Waals surface area contributed by atoms with Crippen LogP contribution in [0.15, 0.2) is 94.7 Å². The van der Waals surface area contributed by atoms with Gasteiger partial charge in [-0.25, -0.2) is 0 Å². The Balaban J connectivity index is 1.32. The van der Waals surface area contributed by atoms with E-state index >= 15 is 0 Å². The van der Waals surface area contributed by atoms with Crippen molar-refractivity contribution in [3.8, 4) is 22.3 Å². The monoisotopic (exact) mass is 756 g/mol. The van der Waals surface area contributed by atoms with E-state index in [1.54, 1.807) is 12.5 Å². The molecule has 2 heterocycles. The van der Waals surface area contributed by atoms with Gasteiger partial charge in [-0.2, -0.15) is 0 Å². The zero-order chi connectivity index (χ0) is 37.9. The van der Waals surface area contributed by atoms with Gasteiger partial charge in [0, 0.05) is 79.0 Å². The van der Waals surface area contributed by atoms with Gasteiger partial charge in [-0.1, -0.05) is 101 Å². The highest BCUT2D eigenvalue weighted by Gasteiger charge is 2.21. The fourth-order valence-electron chi connectivity index (χ4n) is 8.61. The quantitative estimate of drug-likeness (QED) is 0.0922. The molecule has 4 nitrogen and oxygen atoms in total. The van der Waals surface area contributed by atoms with Gasteiger partial charge >= 0.3 is 0 Å². The molecular weight excluding hydrogens is 701 g/mol. The molecule has 7 rings (SSSR count). The highest BCUT2D eigenvalue weighted by Crippen LogP contribution is 2.40. The molecule has 0 amide bonds. The lowest BCUT2D eigenvalue weighted by molar-refractivity contribution is 0.667. The molecule has 0 saturated heterocycles. The molecule has 5 aromatic carbocycles. The molecule has 6 heteroatoms. The Kier molecular flexibility index (Phi) is 11.9. The molecule has 0 aliphatic rings. The molecule has 54 heavy (non-hydrogen) atoms. The van der Waals surface area contributed by atoms with Gasteiger partial charge in [0.15, 0.2) is 0 Å². The number of unbranched alkanes of at least 4 members (excludes halogenated alkanes) is 6. The molecule has 0 aliphatic carbocycles. The zero-order valence-corrected chi connectivity index (χ0v) is 34.7. The van der Waals surface area contributed by atoms with Gasteiger partial charge in [-0.3, -0.25) is 8.42 Å². The summed E-state index contributed by atoms with van der Waals surface area (Å²) in [6.07, 6.45) is 15.8. The van der Waals surface area contributed by atoms with E-state index in [4.69, 9.17) is 0 Å². The van der Waals surface area contributed by atoms with Gasteiger partial charge < -0.3 is 9.13 Å².